The fourth-order valence-corrected chi connectivity index (χ4v) is 10.7. The van der Waals surface area contributed by atoms with Gasteiger partial charge in [0.2, 0.25) is 5.91 Å². The molecule has 3 aliphatic rings. The van der Waals surface area contributed by atoms with Crippen molar-refractivity contribution >= 4 is 46.1 Å². The molecular formula is C49H69N9O6S. The number of fused-ring (bicyclic) bond motifs is 6. The number of rotatable bonds is 9. The van der Waals surface area contributed by atoms with Gasteiger partial charge in [-0.1, -0.05) is 40.2 Å². The summed E-state index contributed by atoms with van der Waals surface area (Å²) in [4.78, 5) is 72.7. The van der Waals surface area contributed by atoms with Gasteiger partial charge in [0.15, 0.2) is 0 Å². The van der Waals surface area contributed by atoms with Crippen LogP contribution in [0.15, 0.2) is 41.9 Å². The van der Waals surface area contributed by atoms with E-state index in [0.29, 0.717) is 50.4 Å². The standard InChI is InChI=1S/C49H69N9O6S/c1-11-57-40-20-19-32-24-35(40)36(44(57)34-17-14-21-50-42(34)31(4)63-10)26-49(5,6)29-64-47(61)37-18-15-23-58(53-37)46(60)38(25-41-51-39(32)28-65-41)52-45(59)43(30(2)3)55(9)48(62)56-22-13-12-16-33(27-56)54(7)8/h14,17,19-21,24,28,30-31,33,37-38,43,53H,11-13,15-16,18,22-23,25-27,29H2,1-10H3,(H,52,59)/t31-,33?,37-,38-,43-/m0/s1. The fraction of sp³-hybridized carbons (Fsp3) is 0.592. The van der Waals surface area contributed by atoms with Gasteiger partial charge in [-0.15, -0.1) is 11.3 Å². The number of benzene rings is 1. The number of pyridine rings is 1. The Morgan fingerprint density at radius 3 is 2.58 bits per heavy atom. The number of carbonyl (C=O) groups is 4. The summed E-state index contributed by atoms with van der Waals surface area (Å²) < 4.78 is 14.3. The first-order valence-electron chi connectivity index (χ1n) is 23.3. The Bertz CT molecular complexity index is 2360. The maximum atomic E-state index is 14.7. The summed E-state index contributed by atoms with van der Waals surface area (Å²) in [7, 11) is 7.44. The monoisotopic (exact) mass is 912 g/mol. The zero-order chi connectivity index (χ0) is 46.7. The smallest absolute Gasteiger partial charge is 0.324 e. The van der Waals surface area contributed by atoms with Crippen LogP contribution >= 0.6 is 11.3 Å². The van der Waals surface area contributed by atoms with E-state index in [1.165, 1.54) is 21.2 Å². The molecule has 1 aromatic carbocycles. The highest BCUT2D eigenvalue weighted by Gasteiger charge is 2.39. The minimum absolute atomic E-state index is 0.112. The van der Waals surface area contributed by atoms with Gasteiger partial charge < -0.3 is 34.1 Å². The second kappa shape index (κ2) is 20.3. The van der Waals surface area contributed by atoms with E-state index >= 15 is 0 Å². The Morgan fingerprint density at radius 2 is 1.86 bits per heavy atom. The topological polar surface area (TPSA) is 154 Å². The Morgan fingerprint density at radius 1 is 1.08 bits per heavy atom. The first-order chi connectivity index (χ1) is 31.0. The third-order valence-corrected chi connectivity index (χ3v) is 14.3. The first kappa shape index (κ1) is 48.0. The van der Waals surface area contributed by atoms with Crippen LogP contribution in [0.1, 0.15) is 96.0 Å². The van der Waals surface area contributed by atoms with E-state index < -0.39 is 35.4 Å². The molecule has 3 aliphatic heterocycles. The number of hydrogen-bond acceptors (Lipinski definition) is 11. The van der Waals surface area contributed by atoms with E-state index in [0.717, 1.165) is 63.9 Å². The molecular weight excluding hydrogens is 843 g/mol. The Hall–Kier alpha value is -4.90. The van der Waals surface area contributed by atoms with Crippen molar-refractivity contribution in [2.24, 2.45) is 11.3 Å². The molecule has 2 N–H and O–H groups in total. The Kier molecular flexibility index (Phi) is 15.0. The van der Waals surface area contributed by atoms with Gasteiger partial charge in [0, 0.05) is 91.8 Å². The molecule has 4 amide bonds. The van der Waals surface area contributed by atoms with Crippen LogP contribution in [0.5, 0.6) is 0 Å². The van der Waals surface area contributed by atoms with E-state index in [2.05, 4.69) is 65.2 Å². The van der Waals surface area contributed by atoms with Gasteiger partial charge in [0.1, 0.15) is 18.1 Å². The summed E-state index contributed by atoms with van der Waals surface area (Å²) in [6.45, 7) is 14.6. The average Bonchev–Trinajstić information content (AvgIpc) is 3.78. The number of hydrazine groups is 1. The van der Waals surface area contributed by atoms with E-state index in [4.69, 9.17) is 19.4 Å². The second-order valence-corrected chi connectivity index (χ2v) is 20.4. The predicted octanol–water partition coefficient (Wildman–Crippen LogP) is 6.70. The van der Waals surface area contributed by atoms with Crippen LogP contribution in [-0.2, 0) is 43.2 Å². The molecule has 6 bridgehead atoms. The highest BCUT2D eigenvalue weighted by Crippen LogP contribution is 2.42. The number of urea groups is 1. The van der Waals surface area contributed by atoms with E-state index in [1.807, 2.05) is 51.2 Å². The van der Waals surface area contributed by atoms with Crippen molar-refractivity contribution in [3.63, 3.8) is 0 Å². The third-order valence-electron chi connectivity index (χ3n) is 13.4. The van der Waals surface area contributed by atoms with Crippen molar-refractivity contribution in [1.82, 2.24) is 45.0 Å². The van der Waals surface area contributed by atoms with Gasteiger partial charge in [0.25, 0.3) is 5.91 Å². The maximum Gasteiger partial charge on any atom is 0.324 e. The number of hydrogen-bond donors (Lipinski definition) is 2. The van der Waals surface area contributed by atoms with Gasteiger partial charge in [0.05, 0.1) is 34.8 Å². The number of aryl methyl sites for hydroxylation is 1. The quantitative estimate of drug-likeness (QED) is 0.174. The molecule has 0 spiro atoms. The van der Waals surface area contributed by atoms with Crippen LogP contribution in [0.25, 0.3) is 33.4 Å². The zero-order valence-corrected chi connectivity index (χ0v) is 40.8. The Labute approximate surface area is 388 Å². The van der Waals surface area contributed by atoms with Crippen LogP contribution in [0.4, 0.5) is 4.79 Å². The summed E-state index contributed by atoms with van der Waals surface area (Å²) in [6.07, 6.45) is 6.23. The van der Waals surface area contributed by atoms with Crippen molar-refractivity contribution in [3.8, 4) is 22.5 Å². The van der Waals surface area contributed by atoms with Crippen molar-refractivity contribution in [3.05, 3.63) is 58.2 Å². The number of nitrogens with zero attached hydrogens (tertiary/aromatic N) is 7. The van der Waals surface area contributed by atoms with Crippen LogP contribution in [0.2, 0.25) is 0 Å². The highest BCUT2D eigenvalue weighted by molar-refractivity contribution is 7.10. The van der Waals surface area contributed by atoms with Crippen molar-refractivity contribution in [2.45, 2.75) is 123 Å². The molecule has 65 heavy (non-hydrogen) atoms. The largest absolute Gasteiger partial charge is 0.464 e. The summed E-state index contributed by atoms with van der Waals surface area (Å²) >= 11 is 1.44. The zero-order valence-electron chi connectivity index (χ0n) is 40.0. The molecule has 15 nitrogen and oxygen atoms in total. The van der Waals surface area contributed by atoms with E-state index in [9.17, 15) is 19.2 Å². The van der Waals surface area contributed by atoms with Crippen LogP contribution < -0.4 is 10.7 Å². The molecule has 2 fully saturated rings. The average molecular weight is 912 g/mol. The minimum Gasteiger partial charge on any atom is -0.464 e. The molecule has 2 saturated heterocycles. The number of amides is 4. The van der Waals surface area contributed by atoms with Gasteiger partial charge in [-0.05, 0) is 95.8 Å². The van der Waals surface area contributed by atoms with Gasteiger partial charge in [-0.3, -0.25) is 24.4 Å². The molecule has 5 atom stereocenters. The van der Waals surface area contributed by atoms with Gasteiger partial charge in [-0.2, -0.15) is 0 Å². The van der Waals surface area contributed by atoms with Crippen molar-refractivity contribution in [2.75, 3.05) is 54.5 Å². The molecule has 1 unspecified atom stereocenters. The number of ether oxygens (including phenoxy) is 2. The number of aromatic nitrogens is 3. The number of likely N-dealkylation sites (tertiary alicyclic amines) is 1. The molecule has 0 saturated carbocycles. The normalized spacial score (nSPS) is 21.8. The lowest BCUT2D eigenvalue weighted by molar-refractivity contribution is -0.155. The van der Waals surface area contributed by atoms with Gasteiger partial charge in [-0.25, -0.2) is 15.2 Å². The number of methoxy groups -OCH3 is 1. The second-order valence-electron chi connectivity index (χ2n) is 19.4. The van der Waals surface area contributed by atoms with E-state index in [-0.39, 0.29) is 43.0 Å². The number of nitrogens with one attached hydrogen (secondary N) is 2. The van der Waals surface area contributed by atoms with Crippen LogP contribution in [0.3, 0.4) is 0 Å². The van der Waals surface area contributed by atoms with E-state index in [1.54, 1.807) is 20.4 Å². The van der Waals surface area contributed by atoms with Crippen LogP contribution in [-0.4, -0.2) is 137 Å². The molecule has 0 radical (unpaired) electrons. The number of cyclic esters (lactones) is 1. The number of likely N-dealkylation sites (N-methyl/N-ethyl adjacent to an activating group) is 2. The summed E-state index contributed by atoms with van der Waals surface area (Å²) in [5.74, 6) is -1.50. The Balaban J connectivity index is 1.27. The summed E-state index contributed by atoms with van der Waals surface area (Å²) in [5, 5.41) is 8.27. The lowest BCUT2D eigenvalue weighted by Crippen LogP contribution is -2.62. The fourth-order valence-electron chi connectivity index (χ4n) is 9.80. The molecule has 4 aromatic rings. The number of esters is 1. The summed E-state index contributed by atoms with van der Waals surface area (Å²) in [5.41, 5.74) is 9.42. The highest BCUT2D eigenvalue weighted by atomic mass is 32.1. The minimum atomic E-state index is -1.04. The molecule has 7 rings (SSSR count). The predicted molar refractivity (Wildman–Crippen MR) is 254 cm³/mol. The lowest BCUT2D eigenvalue weighted by atomic mass is 9.84. The van der Waals surface area contributed by atoms with Gasteiger partial charge >= 0.3 is 12.0 Å². The third kappa shape index (κ3) is 10.4. The van der Waals surface area contributed by atoms with Crippen LogP contribution in [0, 0.1) is 11.3 Å². The molecule has 6 heterocycles. The SMILES string of the molecule is CCn1c(-c2cccnc2[C@H](C)OC)c2c3cc(ccc31)-c1csc(n1)C[C@H](NC(=O)[C@H](C(C)C)N(C)C(=O)N1CCCCC(N(C)C)C1)C(=O)N1CCC[C@H](N1)C(=O)OCC(C)(C)C2. The van der Waals surface area contributed by atoms with Crippen molar-refractivity contribution < 1.29 is 28.7 Å². The lowest BCUT2D eigenvalue weighted by Gasteiger charge is -2.38. The molecule has 0 aliphatic carbocycles. The maximum absolute atomic E-state index is 14.7. The van der Waals surface area contributed by atoms with Crippen molar-refractivity contribution in [1.29, 1.82) is 0 Å². The summed E-state index contributed by atoms with van der Waals surface area (Å²) in [6, 6.07) is 7.85. The number of carbonyl (C=O) groups excluding carboxylic acids is 4. The molecule has 3 aromatic heterocycles. The first-order valence-corrected chi connectivity index (χ1v) is 24.2. The number of thiazole rings is 1. The molecule has 16 heteroatoms. The molecule has 352 valence electrons.